The summed E-state index contributed by atoms with van der Waals surface area (Å²) < 4.78 is 26.0. The normalized spacial score (nSPS) is 18.3. The van der Waals surface area contributed by atoms with Crippen LogP contribution in [0, 0.1) is 13.8 Å². The van der Waals surface area contributed by atoms with Gasteiger partial charge in [-0.15, -0.1) is 0 Å². The highest BCUT2D eigenvalue weighted by molar-refractivity contribution is 7.90. The van der Waals surface area contributed by atoms with E-state index in [1.165, 1.54) is 0 Å². The molecule has 4 rings (SSSR count). The quantitative estimate of drug-likeness (QED) is 0.392. The van der Waals surface area contributed by atoms with Crippen molar-refractivity contribution in [1.82, 2.24) is 4.72 Å². The molecule has 0 saturated carbocycles. The fraction of sp³-hybridized carbons (Fsp3) is 0.296. The molecule has 1 heterocycles. The number of hydrogen-bond donors (Lipinski definition) is 3. The zero-order valence-electron chi connectivity index (χ0n) is 19.7. The maximum Gasteiger partial charge on any atom is 0.266 e. The molecule has 184 valence electrons. The SMILES string of the molecule is Cc1cc(OC[C@@H](O)CO)cc(C)c1-c1cccc(COc2ccc(C3CC(=O)N[S+]3[O-])cc2)c1. The summed E-state index contributed by atoms with van der Waals surface area (Å²) in [5, 5.41) is 18.2. The molecular weight excluding hydrogens is 466 g/mol. The number of ether oxygens (including phenoxy) is 2. The van der Waals surface area contributed by atoms with E-state index in [2.05, 4.69) is 16.9 Å². The minimum absolute atomic E-state index is 0.0378. The highest BCUT2D eigenvalue weighted by Gasteiger charge is 2.36. The topological polar surface area (TPSA) is 111 Å². The zero-order chi connectivity index (χ0) is 24.9. The van der Waals surface area contributed by atoms with Crippen molar-refractivity contribution in [3.63, 3.8) is 0 Å². The number of aliphatic hydroxyl groups excluding tert-OH is 2. The first-order valence-electron chi connectivity index (χ1n) is 11.4. The van der Waals surface area contributed by atoms with Crippen molar-refractivity contribution in [2.45, 2.75) is 38.2 Å². The van der Waals surface area contributed by atoms with Crippen molar-refractivity contribution < 1.29 is 29.0 Å². The summed E-state index contributed by atoms with van der Waals surface area (Å²) in [6.07, 6.45) is -0.674. The van der Waals surface area contributed by atoms with Crippen LogP contribution in [0.1, 0.15) is 33.9 Å². The van der Waals surface area contributed by atoms with Gasteiger partial charge in [0.05, 0.1) is 24.4 Å². The fourth-order valence-corrected chi connectivity index (χ4v) is 5.34. The minimum atomic E-state index is -1.38. The van der Waals surface area contributed by atoms with Crippen LogP contribution < -0.4 is 14.2 Å². The second kappa shape index (κ2) is 11.1. The lowest BCUT2D eigenvalue weighted by Gasteiger charge is -2.16. The molecule has 2 unspecified atom stereocenters. The van der Waals surface area contributed by atoms with Gasteiger partial charge in [0.1, 0.15) is 30.8 Å². The molecule has 0 aliphatic carbocycles. The van der Waals surface area contributed by atoms with E-state index >= 15 is 0 Å². The summed E-state index contributed by atoms with van der Waals surface area (Å²) >= 11 is -1.38. The van der Waals surface area contributed by atoms with Gasteiger partial charge in [-0.3, -0.25) is 4.79 Å². The Morgan fingerprint density at radius 1 is 1.06 bits per heavy atom. The van der Waals surface area contributed by atoms with Gasteiger partial charge >= 0.3 is 0 Å². The molecule has 8 heteroatoms. The highest BCUT2D eigenvalue weighted by Crippen LogP contribution is 2.33. The van der Waals surface area contributed by atoms with Crippen molar-refractivity contribution in [1.29, 1.82) is 0 Å². The van der Waals surface area contributed by atoms with Gasteiger partial charge in [-0.05, 0) is 72.0 Å². The second-order valence-corrected chi connectivity index (χ2v) is 10.0. The molecule has 3 aromatic rings. The molecule has 1 aliphatic rings. The maximum atomic E-state index is 12.0. The summed E-state index contributed by atoms with van der Waals surface area (Å²) in [5.74, 6) is 1.16. The highest BCUT2D eigenvalue weighted by atomic mass is 32.2. The first kappa shape index (κ1) is 25.1. The molecule has 3 N–H and O–H groups in total. The molecular formula is C27H29NO6S. The van der Waals surface area contributed by atoms with Crippen molar-refractivity contribution in [2.24, 2.45) is 0 Å². The molecule has 1 saturated heterocycles. The molecule has 3 aromatic carbocycles. The number of rotatable bonds is 9. The predicted molar refractivity (Wildman–Crippen MR) is 134 cm³/mol. The van der Waals surface area contributed by atoms with E-state index in [4.69, 9.17) is 14.6 Å². The lowest BCUT2D eigenvalue weighted by atomic mass is 9.94. The Hall–Kier alpha value is -3.04. The van der Waals surface area contributed by atoms with E-state index in [-0.39, 0.29) is 30.8 Å². The largest absolute Gasteiger partial charge is 0.593 e. The molecule has 0 spiro atoms. The number of hydrogen-bond acceptors (Lipinski definition) is 6. The number of carbonyl (C=O) groups excluding carboxylic acids is 1. The van der Waals surface area contributed by atoms with E-state index in [9.17, 15) is 14.5 Å². The molecule has 35 heavy (non-hydrogen) atoms. The summed E-state index contributed by atoms with van der Waals surface area (Å²) in [4.78, 5) is 11.5. The van der Waals surface area contributed by atoms with Crippen LogP contribution in [0.25, 0.3) is 11.1 Å². The lowest BCUT2D eigenvalue weighted by Crippen LogP contribution is -2.21. The first-order chi connectivity index (χ1) is 16.8. The smallest absolute Gasteiger partial charge is 0.266 e. The Balaban J connectivity index is 1.43. The average molecular weight is 496 g/mol. The van der Waals surface area contributed by atoms with E-state index in [1.54, 1.807) is 0 Å². The summed E-state index contributed by atoms with van der Waals surface area (Å²) in [7, 11) is 0. The number of amides is 1. The first-order valence-corrected chi connectivity index (χ1v) is 12.6. The van der Waals surface area contributed by atoms with Gasteiger partial charge in [0.15, 0.2) is 5.25 Å². The summed E-state index contributed by atoms with van der Waals surface area (Å²) in [6, 6.07) is 19.4. The van der Waals surface area contributed by atoms with Crippen LogP contribution in [0.5, 0.6) is 11.5 Å². The van der Waals surface area contributed by atoms with Crippen molar-refractivity contribution in [3.8, 4) is 22.6 Å². The Kier molecular flexibility index (Phi) is 7.97. The molecule has 0 aromatic heterocycles. The van der Waals surface area contributed by atoms with E-state index in [0.29, 0.717) is 18.1 Å². The van der Waals surface area contributed by atoms with Crippen molar-refractivity contribution in [3.05, 3.63) is 82.9 Å². The van der Waals surface area contributed by atoms with Gasteiger partial charge in [0.25, 0.3) is 5.91 Å². The third kappa shape index (κ3) is 6.15. The van der Waals surface area contributed by atoms with E-state index in [1.807, 2.05) is 62.4 Å². The Bertz CT molecular complexity index is 1160. The Morgan fingerprint density at radius 2 is 1.77 bits per heavy atom. The van der Waals surface area contributed by atoms with Crippen LogP contribution in [0.2, 0.25) is 0 Å². The molecule has 1 aliphatic heterocycles. The number of nitrogens with one attached hydrogen (secondary N) is 1. The van der Waals surface area contributed by atoms with Crippen LogP contribution in [0.15, 0.2) is 60.7 Å². The predicted octanol–water partition coefficient (Wildman–Crippen LogP) is 3.51. The number of aryl methyl sites for hydroxylation is 2. The number of benzene rings is 3. The van der Waals surface area contributed by atoms with Crippen LogP contribution in [-0.2, 0) is 22.8 Å². The van der Waals surface area contributed by atoms with E-state index in [0.717, 1.165) is 33.4 Å². The molecule has 0 bridgehead atoms. The molecule has 0 radical (unpaired) electrons. The minimum Gasteiger partial charge on any atom is -0.593 e. The molecule has 1 fully saturated rings. The van der Waals surface area contributed by atoms with Crippen molar-refractivity contribution in [2.75, 3.05) is 13.2 Å². The zero-order valence-corrected chi connectivity index (χ0v) is 20.5. The monoisotopic (exact) mass is 495 g/mol. The van der Waals surface area contributed by atoms with Crippen LogP contribution in [0.3, 0.4) is 0 Å². The fourth-order valence-electron chi connectivity index (χ4n) is 4.18. The standard InChI is InChI=1S/C27H29NO6S/c1-17-10-24(34-16-22(30)14-29)11-18(2)27(17)21-5-3-4-19(12-21)15-33-23-8-6-20(7-9-23)25-13-26(31)28-35(25)32/h3-12,22,25,29-30H,13-16H2,1-2H3,(H,28,31)/t22-,25?,35?/m0/s1. The number of aliphatic hydroxyl groups is 2. The Labute approximate surface area is 208 Å². The third-order valence-corrected chi connectivity index (χ3v) is 7.26. The summed E-state index contributed by atoms with van der Waals surface area (Å²) in [6.45, 7) is 4.12. The van der Waals surface area contributed by atoms with Gasteiger partial charge in [-0.2, -0.15) is 4.72 Å². The number of carbonyl (C=O) groups is 1. The van der Waals surface area contributed by atoms with Gasteiger partial charge < -0.3 is 24.2 Å². The lowest BCUT2D eigenvalue weighted by molar-refractivity contribution is -0.118. The Morgan fingerprint density at radius 3 is 2.40 bits per heavy atom. The van der Waals surface area contributed by atoms with Gasteiger partial charge in [0.2, 0.25) is 0 Å². The van der Waals surface area contributed by atoms with E-state index < -0.39 is 17.5 Å². The molecule has 7 nitrogen and oxygen atoms in total. The summed E-state index contributed by atoms with van der Waals surface area (Å²) in [5.41, 5.74) is 6.14. The third-order valence-electron chi connectivity index (χ3n) is 5.88. The second-order valence-electron chi connectivity index (χ2n) is 8.65. The van der Waals surface area contributed by atoms with Gasteiger partial charge in [-0.25, -0.2) is 0 Å². The molecule has 3 atom stereocenters. The van der Waals surface area contributed by atoms with Crippen LogP contribution >= 0.6 is 0 Å². The van der Waals surface area contributed by atoms with Crippen LogP contribution in [0.4, 0.5) is 0 Å². The maximum absolute atomic E-state index is 12.0. The van der Waals surface area contributed by atoms with Gasteiger partial charge in [0, 0.05) is 5.56 Å². The molecule has 1 amide bonds. The van der Waals surface area contributed by atoms with Gasteiger partial charge in [-0.1, -0.05) is 30.3 Å². The average Bonchev–Trinajstić information content (AvgIpc) is 3.19. The van der Waals surface area contributed by atoms with Crippen LogP contribution in [-0.4, -0.2) is 40.0 Å². The van der Waals surface area contributed by atoms with Crippen molar-refractivity contribution >= 4 is 17.3 Å².